The number of carbonyl (C=O) groups is 2. The molecule has 0 radical (unpaired) electrons. The number of nitrogens with one attached hydrogen (secondary N) is 1. The molecule has 2 aromatic heterocycles. The molecule has 2 heterocycles. The van der Waals surface area contributed by atoms with E-state index in [0.717, 1.165) is 11.3 Å². The average Bonchev–Trinajstić information content (AvgIpc) is 3.16. The van der Waals surface area contributed by atoms with E-state index in [9.17, 15) is 9.59 Å². The van der Waals surface area contributed by atoms with Gasteiger partial charge < -0.3 is 10.4 Å². The summed E-state index contributed by atoms with van der Waals surface area (Å²) in [6, 6.07) is 14.9. The van der Waals surface area contributed by atoms with Crippen LogP contribution in [-0.2, 0) is 17.8 Å². The van der Waals surface area contributed by atoms with E-state index in [1.54, 1.807) is 17.1 Å². The lowest BCUT2D eigenvalue weighted by molar-refractivity contribution is -0.137. The van der Waals surface area contributed by atoms with Crippen molar-refractivity contribution in [2.75, 3.05) is 0 Å². The maximum absolute atomic E-state index is 12.6. The summed E-state index contributed by atoms with van der Waals surface area (Å²) in [5, 5.41) is 19.8. The van der Waals surface area contributed by atoms with Gasteiger partial charge in [0, 0.05) is 18.7 Å². The topological polar surface area (TPSA) is 110 Å². The molecule has 0 spiro atoms. The molecule has 0 aliphatic carbocycles. The van der Waals surface area contributed by atoms with Crippen LogP contribution in [0.25, 0.3) is 0 Å². The molecule has 1 amide bonds. The Balaban J connectivity index is 1.64. The van der Waals surface area contributed by atoms with Crippen LogP contribution in [0.5, 0.6) is 0 Å². The second kappa shape index (κ2) is 9.40. The number of carbonyl (C=O) groups excluding carboxylic acids is 1. The average molecular weight is 379 g/mol. The lowest BCUT2D eigenvalue weighted by Crippen LogP contribution is -2.37. The van der Waals surface area contributed by atoms with Crippen molar-refractivity contribution in [3.63, 3.8) is 0 Å². The first-order valence-corrected chi connectivity index (χ1v) is 8.97. The first-order valence-electron chi connectivity index (χ1n) is 8.97. The number of carboxylic acids is 1. The molecule has 8 heteroatoms. The predicted octanol–water partition coefficient (Wildman–Crippen LogP) is 1.93. The number of hydrogen-bond donors (Lipinski definition) is 2. The first-order chi connectivity index (χ1) is 13.6. The molecule has 28 heavy (non-hydrogen) atoms. The molecule has 8 nitrogen and oxygen atoms in total. The van der Waals surface area contributed by atoms with Crippen LogP contribution in [0, 0.1) is 0 Å². The van der Waals surface area contributed by atoms with Crippen LogP contribution >= 0.6 is 0 Å². The summed E-state index contributed by atoms with van der Waals surface area (Å²) in [5.74, 6) is -1.27. The molecule has 0 aliphatic rings. The van der Waals surface area contributed by atoms with E-state index in [2.05, 4.69) is 20.6 Å². The van der Waals surface area contributed by atoms with Gasteiger partial charge >= 0.3 is 5.97 Å². The van der Waals surface area contributed by atoms with Crippen molar-refractivity contribution in [1.82, 2.24) is 25.3 Å². The molecule has 0 saturated heterocycles. The molecular formula is C20H21N5O3. The lowest BCUT2D eigenvalue weighted by Gasteiger charge is -2.17. The highest BCUT2D eigenvalue weighted by molar-refractivity contribution is 5.92. The van der Waals surface area contributed by atoms with E-state index in [-0.39, 0.29) is 24.1 Å². The number of hydrogen-bond acceptors (Lipinski definition) is 5. The number of amides is 1. The van der Waals surface area contributed by atoms with Crippen LogP contribution in [0.3, 0.4) is 0 Å². The summed E-state index contributed by atoms with van der Waals surface area (Å²) in [4.78, 5) is 27.7. The van der Waals surface area contributed by atoms with E-state index in [1.807, 2.05) is 48.5 Å². The molecular weight excluding hydrogens is 358 g/mol. The number of aromatic nitrogens is 4. The van der Waals surface area contributed by atoms with Crippen LogP contribution in [0.2, 0.25) is 0 Å². The van der Waals surface area contributed by atoms with E-state index < -0.39 is 5.97 Å². The highest BCUT2D eigenvalue weighted by atomic mass is 16.4. The van der Waals surface area contributed by atoms with Gasteiger partial charge in [-0.25, -0.2) is 4.68 Å². The van der Waals surface area contributed by atoms with E-state index in [0.29, 0.717) is 19.4 Å². The highest BCUT2D eigenvalue weighted by Crippen LogP contribution is 2.09. The van der Waals surface area contributed by atoms with Crippen molar-refractivity contribution in [2.24, 2.45) is 0 Å². The molecule has 0 aliphatic heterocycles. The lowest BCUT2D eigenvalue weighted by atomic mass is 10.0. The van der Waals surface area contributed by atoms with Gasteiger partial charge in [-0.3, -0.25) is 14.6 Å². The van der Waals surface area contributed by atoms with Gasteiger partial charge in [0.2, 0.25) is 0 Å². The zero-order chi connectivity index (χ0) is 19.8. The van der Waals surface area contributed by atoms with Crippen molar-refractivity contribution in [3.8, 4) is 0 Å². The molecule has 3 rings (SSSR count). The van der Waals surface area contributed by atoms with Gasteiger partial charge in [-0.15, -0.1) is 5.10 Å². The molecule has 1 atom stereocenters. The molecule has 0 saturated carbocycles. The van der Waals surface area contributed by atoms with Crippen molar-refractivity contribution in [3.05, 3.63) is 77.9 Å². The SMILES string of the molecule is O=C(O)CCC(Cc1ccccc1)NC(=O)c1cn(Cc2ccccn2)nn1. The number of nitrogens with zero attached hydrogens (tertiary/aromatic N) is 4. The van der Waals surface area contributed by atoms with E-state index in [4.69, 9.17) is 5.11 Å². The zero-order valence-electron chi connectivity index (χ0n) is 15.2. The summed E-state index contributed by atoms with van der Waals surface area (Å²) in [6.45, 7) is 0.410. The van der Waals surface area contributed by atoms with Gasteiger partial charge in [0.25, 0.3) is 5.91 Å². The van der Waals surface area contributed by atoms with Crippen LogP contribution in [-0.4, -0.2) is 43.0 Å². The number of rotatable bonds is 9. The van der Waals surface area contributed by atoms with Gasteiger partial charge in [0.05, 0.1) is 18.4 Å². The standard InChI is InChI=1S/C20H21N5O3/c26-19(27)10-9-16(12-15-6-2-1-3-7-15)22-20(28)18-14-25(24-23-18)13-17-8-4-5-11-21-17/h1-8,11,14,16H,9-10,12-13H2,(H,22,28)(H,26,27). The Morgan fingerprint density at radius 3 is 2.61 bits per heavy atom. The maximum atomic E-state index is 12.6. The third-order valence-corrected chi connectivity index (χ3v) is 4.19. The van der Waals surface area contributed by atoms with Gasteiger partial charge in [0.15, 0.2) is 5.69 Å². The van der Waals surface area contributed by atoms with Gasteiger partial charge in [-0.1, -0.05) is 41.6 Å². The van der Waals surface area contributed by atoms with E-state index in [1.165, 1.54) is 0 Å². The minimum Gasteiger partial charge on any atom is -0.481 e. The van der Waals surface area contributed by atoms with Crippen LogP contribution in [0.15, 0.2) is 60.9 Å². The molecule has 3 aromatic rings. The fourth-order valence-corrected chi connectivity index (χ4v) is 2.82. The smallest absolute Gasteiger partial charge is 0.303 e. The van der Waals surface area contributed by atoms with Gasteiger partial charge in [-0.05, 0) is 30.5 Å². The molecule has 1 aromatic carbocycles. The normalized spacial score (nSPS) is 11.7. The number of carboxylic acid groups (broad SMARTS) is 1. The third-order valence-electron chi connectivity index (χ3n) is 4.19. The van der Waals surface area contributed by atoms with Crippen LogP contribution in [0.1, 0.15) is 34.6 Å². The fraction of sp³-hybridized carbons (Fsp3) is 0.250. The highest BCUT2D eigenvalue weighted by Gasteiger charge is 2.18. The Hall–Kier alpha value is -3.55. The van der Waals surface area contributed by atoms with Crippen molar-refractivity contribution in [1.29, 1.82) is 0 Å². The summed E-state index contributed by atoms with van der Waals surface area (Å²) in [6.07, 6.45) is 4.10. The van der Waals surface area contributed by atoms with Crippen LogP contribution in [0.4, 0.5) is 0 Å². The van der Waals surface area contributed by atoms with Crippen molar-refractivity contribution >= 4 is 11.9 Å². The molecule has 144 valence electrons. The quantitative estimate of drug-likeness (QED) is 0.588. The number of aliphatic carboxylic acids is 1. The van der Waals surface area contributed by atoms with Crippen LogP contribution < -0.4 is 5.32 Å². The number of pyridine rings is 1. The molecule has 0 bridgehead atoms. The predicted molar refractivity (Wildman–Crippen MR) is 102 cm³/mol. The van der Waals surface area contributed by atoms with Gasteiger partial charge in [0.1, 0.15) is 0 Å². The Labute approximate surface area is 162 Å². The zero-order valence-corrected chi connectivity index (χ0v) is 15.2. The van der Waals surface area contributed by atoms with E-state index >= 15 is 0 Å². The number of benzene rings is 1. The summed E-state index contributed by atoms with van der Waals surface area (Å²) in [5.41, 5.74) is 2.02. The summed E-state index contributed by atoms with van der Waals surface area (Å²) < 4.78 is 1.54. The Morgan fingerprint density at radius 2 is 1.89 bits per heavy atom. The first kappa shape index (κ1) is 19.2. The second-order valence-corrected chi connectivity index (χ2v) is 6.41. The third kappa shape index (κ3) is 5.73. The molecule has 1 unspecified atom stereocenters. The van der Waals surface area contributed by atoms with Gasteiger partial charge in [-0.2, -0.15) is 0 Å². The minimum absolute atomic E-state index is 0.0237. The maximum Gasteiger partial charge on any atom is 0.303 e. The largest absolute Gasteiger partial charge is 0.481 e. The fourth-order valence-electron chi connectivity index (χ4n) is 2.82. The molecule has 2 N–H and O–H groups in total. The van der Waals surface area contributed by atoms with Crippen molar-refractivity contribution in [2.45, 2.75) is 31.8 Å². The Morgan fingerprint density at radius 1 is 1.11 bits per heavy atom. The second-order valence-electron chi connectivity index (χ2n) is 6.41. The Bertz CT molecular complexity index is 912. The summed E-state index contributed by atoms with van der Waals surface area (Å²) >= 11 is 0. The monoisotopic (exact) mass is 379 g/mol. The summed E-state index contributed by atoms with van der Waals surface area (Å²) in [7, 11) is 0. The molecule has 0 fully saturated rings. The van der Waals surface area contributed by atoms with Crippen molar-refractivity contribution < 1.29 is 14.7 Å². The minimum atomic E-state index is -0.895. The Kier molecular flexibility index (Phi) is 6.46.